The van der Waals surface area contributed by atoms with Crippen molar-refractivity contribution in [3.63, 3.8) is 0 Å². The van der Waals surface area contributed by atoms with Gasteiger partial charge in [-0.2, -0.15) is 0 Å². The van der Waals surface area contributed by atoms with E-state index in [1.807, 2.05) is 18.2 Å². The second kappa shape index (κ2) is 7.49. The Morgan fingerprint density at radius 1 is 1.12 bits per heavy atom. The van der Waals surface area contributed by atoms with E-state index in [0.29, 0.717) is 34.3 Å². The van der Waals surface area contributed by atoms with Gasteiger partial charge in [-0.15, -0.1) is 0 Å². The van der Waals surface area contributed by atoms with Gasteiger partial charge in [0.15, 0.2) is 5.78 Å². The lowest BCUT2D eigenvalue weighted by Gasteiger charge is -2.24. The minimum Gasteiger partial charge on any atom is -0.311 e. The number of carbonyl (C=O) groups is 2. The highest BCUT2D eigenvalue weighted by Gasteiger charge is 2.29. The average molecular weight is 407 g/mol. The fourth-order valence-electron chi connectivity index (χ4n) is 2.64. The number of alkyl halides is 1. The predicted octanol–water partition coefficient (Wildman–Crippen LogP) is 4.71. The SMILES string of the molecule is O=C(c1ccccc1)c1cc(Cl)ccc1N(CC1CC1)C(=O)CBr. The molecule has 0 radical (unpaired) electrons. The van der Waals surface area contributed by atoms with E-state index >= 15 is 0 Å². The summed E-state index contributed by atoms with van der Waals surface area (Å²) < 4.78 is 0. The van der Waals surface area contributed by atoms with Crippen LogP contribution in [0.5, 0.6) is 0 Å². The third-order valence-corrected chi connectivity index (χ3v) is 4.80. The van der Waals surface area contributed by atoms with Gasteiger partial charge in [-0.25, -0.2) is 0 Å². The molecule has 0 aromatic heterocycles. The Bertz CT molecular complexity index is 759. The molecule has 1 fully saturated rings. The monoisotopic (exact) mass is 405 g/mol. The predicted molar refractivity (Wildman–Crippen MR) is 100 cm³/mol. The number of anilines is 1. The molecule has 1 saturated carbocycles. The smallest absolute Gasteiger partial charge is 0.237 e. The maximum absolute atomic E-state index is 12.9. The number of amides is 1. The molecule has 2 aromatic rings. The summed E-state index contributed by atoms with van der Waals surface area (Å²) in [5, 5.41) is 0.706. The molecule has 2 aromatic carbocycles. The number of ketones is 1. The summed E-state index contributed by atoms with van der Waals surface area (Å²) in [6.07, 6.45) is 2.25. The first-order valence-electron chi connectivity index (χ1n) is 7.85. The van der Waals surface area contributed by atoms with Crippen LogP contribution in [0.1, 0.15) is 28.8 Å². The molecule has 1 amide bonds. The number of hydrogen-bond donors (Lipinski definition) is 0. The Kier molecular flexibility index (Phi) is 5.36. The van der Waals surface area contributed by atoms with Crippen molar-refractivity contribution in [1.29, 1.82) is 0 Å². The van der Waals surface area contributed by atoms with Crippen molar-refractivity contribution >= 4 is 44.9 Å². The molecule has 0 saturated heterocycles. The molecule has 0 spiro atoms. The lowest BCUT2D eigenvalue weighted by Crippen LogP contribution is -2.35. The normalized spacial score (nSPS) is 13.6. The van der Waals surface area contributed by atoms with Gasteiger partial charge in [0, 0.05) is 22.7 Å². The highest BCUT2D eigenvalue weighted by Crippen LogP contribution is 2.34. The minimum absolute atomic E-state index is 0.0497. The van der Waals surface area contributed by atoms with Gasteiger partial charge in [-0.3, -0.25) is 9.59 Å². The highest BCUT2D eigenvalue weighted by atomic mass is 79.9. The van der Waals surface area contributed by atoms with E-state index in [1.165, 1.54) is 0 Å². The zero-order valence-corrected chi connectivity index (χ0v) is 15.4. The topological polar surface area (TPSA) is 37.4 Å². The first-order chi connectivity index (χ1) is 11.6. The Balaban J connectivity index is 2.03. The van der Waals surface area contributed by atoms with E-state index in [4.69, 9.17) is 11.6 Å². The highest BCUT2D eigenvalue weighted by molar-refractivity contribution is 9.09. The zero-order valence-electron chi connectivity index (χ0n) is 13.0. The van der Waals surface area contributed by atoms with E-state index in [0.717, 1.165) is 12.8 Å². The molecule has 0 aliphatic heterocycles. The molecule has 3 nitrogen and oxygen atoms in total. The number of benzene rings is 2. The summed E-state index contributed by atoms with van der Waals surface area (Å²) in [7, 11) is 0. The van der Waals surface area contributed by atoms with Crippen molar-refractivity contribution in [1.82, 2.24) is 0 Å². The van der Waals surface area contributed by atoms with Gasteiger partial charge in [0.2, 0.25) is 5.91 Å². The van der Waals surface area contributed by atoms with E-state index in [1.54, 1.807) is 35.2 Å². The second-order valence-corrected chi connectivity index (χ2v) is 6.94. The van der Waals surface area contributed by atoms with Crippen molar-refractivity contribution in [2.45, 2.75) is 12.8 Å². The molecule has 0 bridgehead atoms. The van der Waals surface area contributed by atoms with E-state index in [2.05, 4.69) is 15.9 Å². The molecule has 1 aliphatic carbocycles. The summed E-state index contributed by atoms with van der Waals surface area (Å²) in [5.41, 5.74) is 1.67. The number of carbonyl (C=O) groups excluding carboxylic acids is 2. The molecule has 0 atom stereocenters. The largest absolute Gasteiger partial charge is 0.311 e. The average Bonchev–Trinajstić information content (AvgIpc) is 3.43. The zero-order chi connectivity index (χ0) is 17.1. The molecule has 0 N–H and O–H groups in total. The molecular formula is C19H17BrClNO2. The van der Waals surface area contributed by atoms with Gasteiger partial charge < -0.3 is 4.90 Å². The first-order valence-corrected chi connectivity index (χ1v) is 9.35. The molecule has 3 rings (SSSR count). The van der Waals surface area contributed by atoms with Crippen molar-refractivity contribution in [3.8, 4) is 0 Å². The Morgan fingerprint density at radius 3 is 2.46 bits per heavy atom. The molecule has 0 unspecified atom stereocenters. The summed E-state index contributed by atoms with van der Waals surface area (Å²) in [6, 6.07) is 14.2. The number of nitrogens with zero attached hydrogens (tertiary/aromatic N) is 1. The van der Waals surface area contributed by atoms with Crippen LogP contribution in [0.3, 0.4) is 0 Å². The van der Waals surface area contributed by atoms with Crippen LogP contribution in [0.4, 0.5) is 5.69 Å². The van der Waals surface area contributed by atoms with Crippen LogP contribution in [0.2, 0.25) is 5.02 Å². The fraction of sp³-hybridized carbons (Fsp3) is 0.263. The molecule has 1 aliphatic rings. The summed E-state index contributed by atoms with van der Waals surface area (Å²) in [5.74, 6) is 0.339. The number of hydrogen-bond acceptors (Lipinski definition) is 2. The van der Waals surface area contributed by atoms with Gasteiger partial charge in [0.1, 0.15) is 0 Å². The van der Waals surface area contributed by atoms with Crippen LogP contribution < -0.4 is 4.90 Å². The summed E-state index contributed by atoms with van der Waals surface area (Å²) >= 11 is 9.36. The summed E-state index contributed by atoms with van der Waals surface area (Å²) in [4.78, 5) is 27.0. The third-order valence-electron chi connectivity index (χ3n) is 4.08. The maximum Gasteiger partial charge on any atom is 0.237 e. The van der Waals surface area contributed by atoms with Crippen LogP contribution in [0, 0.1) is 5.92 Å². The van der Waals surface area contributed by atoms with Crippen molar-refractivity contribution < 1.29 is 9.59 Å². The minimum atomic E-state index is -0.128. The Hall–Kier alpha value is -1.65. The van der Waals surface area contributed by atoms with Gasteiger partial charge in [-0.05, 0) is 37.0 Å². The van der Waals surface area contributed by atoms with Crippen LogP contribution in [0.15, 0.2) is 48.5 Å². The van der Waals surface area contributed by atoms with Crippen LogP contribution in [0.25, 0.3) is 0 Å². The van der Waals surface area contributed by atoms with Crippen molar-refractivity contribution in [3.05, 3.63) is 64.7 Å². The lowest BCUT2D eigenvalue weighted by molar-refractivity contribution is -0.116. The fourth-order valence-corrected chi connectivity index (χ4v) is 3.11. The van der Waals surface area contributed by atoms with Crippen molar-refractivity contribution in [2.75, 3.05) is 16.8 Å². The van der Waals surface area contributed by atoms with Crippen molar-refractivity contribution in [2.24, 2.45) is 5.92 Å². The van der Waals surface area contributed by atoms with Gasteiger partial charge in [-0.1, -0.05) is 57.9 Å². The molecule has 0 heterocycles. The third kappa shape index (κ3) is 3.87. The van der Waals surface area contributed by atoms with E-state index < -0.39 is 0 Å². The quantitative estimate of drug-likeness (QED) is 0.515. The molecule has 24 heavy (non-hydrogen) atoms. The standard InChI is InChI=1S/C19H17BrClNO2/c20-11-18(23)22(12-13-6-7-13)17-9-8-15(21)10-16(17)19(24)14-4-2-1-3-5-14/h1-5,8-10,13H,6-7,11-12H2. The number of halogens is 2. The van der Waals surface area contributed by atoms with E-state index in [-0.39, 0.29) is 17.0 Å². The van der Waals surface area contributed by atoms with E-state index in [9.17, 15) is 9.59 Å². The maximum atomic E-state index is 12.9. The molecule has 124 valence electrons. The van der Waals surface area contributed by atoms with Crippen LogP contribution in [-0.4, -0.2) is 23.6 Å². The van der Waals surface area contributed by atoms with Crippen LogP contribution >= 0.6 is 27.5 Å². The molecule has 5 heteroatoms. The van der Waals surface area contributed by atoms with Gasteiger partial charge in [0.25, 0.3) is 0 Å². The van der Waals surface area contributed by atoms with Gasteiger partial charge >= 0.3 is 0 Å². The Labute approximate surface area is 154 Å². The summed E-state index contributed by atoms with van der Waals surface area (Å²) in [6.45, 7) is 0.640. The molecular weight excluding hydrogens is 390 g/mol. The Morgan fingerprint density at radius 2 is 1.83 bits per heavy atom. The lowest BCUT2D eigenvalue weighted by atomic mass is 10.0. The van der Waals surface area contributed by atoms with Crippen LogP contribution in [-0.2, 0) is 4.79 Å². The number of rotatable bonds is 6. The second-order valence-electron chi connectivity index (χ2n) is 5.94. The van der Waals surface area contributed by atoms with Gasteiger partial charge in [0.05, 0.1) is 11.0 Å². The first kappa shape index (κ1) is 17.2.